The first-order chi connectivity index (χ1) is 8.64. The molecule has 0 amide bonds. The van der Waals surface area contributed by atoms with Crippen molar-refractivity contribution in [1.82, 2.24) is 10.0 Å². The summed E-state index contributed by atoms with van der Waals surface area (Å²) >= 11 is 0. The Kier molecular flexibility index (Phi) is 7.81. The molecule has 0 heterocycles. The first-order valence-corrected chi connectivity index (χ1v) is 8.55. The standard InChI is InChI=1S/C12H26N2O3S/c1-2-13-7-4-10-18(15,16)14-8-3-9-17-11-12-5-6-12/h12-14H,2-11H2,1H3. The number of hydrogen-bond acceptors (Lipinski definition) is 4. The zero-order valence-corrected chi connectivity index (χ0v) is 12.1. The molecule has 0 bridgehead atoms. The highest BCUT2D eigenvalue weighted by atomic mass is 32.2. The van der Waals surface area contributed by atoms with Crippen LogP contribution in [0, 0.1) is 5.92 Å². The van der Waals surface area contributed by atoms with Crippen molar-refractivity contribution in [2.75, 3.05) is 38.6 Å². The van der Waals surface area contributed by atoms with E-state index >= 15 is 0 Å². The van der Waals surface area contributed by atoms with Crippen LogP contribution in [0.3, 0.4) is 0 Å². The zero-order chi connectivity index (χ0) is 13.3. The maximum absolute atomic E-state index is 11.6. The van der Waals surface area contributed by atoms with Crippen LogP contribution < -0.4 is 10.0 Å². The van der Waals surface area contributed by atoms with E-state index < -0.39 is 10.0 Å². The summed E-state index contributed by atoms with van der Waals surface area (Å²) in [7, 11) is -3.10. The summed E-state index contributed by atoms with van der Waals surface area (Å²) in [6.45, 7) is 5.61. The van der Waals surface area contributed by atoms with E-state index in [1.807, 2.05) is 6.92 Å². The molecule has 0 aromatic rings. The molecular formula is C12H26N2O3S. The minimum absolute atomic E-state index is 0.197. The third-order valence-electron chi connectivity index (χ3n) is 2.85. The number of ether oxygens (including phenoxy) is 1. The number of rotatable bonds is 12. The Morgan fingerprint density at radius 3 is 2.67 bits per heavy atom. The molecule has 6 heteroatoms. The Labute approximate surface area is 111 Å². The van der Waals surface area contributed by atoms with Gasteiger partial charge < -0.3 is 10.1 Å². The molecule has 1 aliphatic carbocycles. The van der Waals surface area contributed by atoms with Crippen molar-refractivity contribution >= 4 is 10.0 Å². The van der Waals surface area contributed by atoms with Crippen LogP contribution in [0.15, 0.2) is 0 Å². The molecule has 1 aliphatic rings. The first kappa shape index (κ1) is 15.9. The first-order valence-electron chi connectivity index (χ1n) is 6.90. The van der Waals surface area contributed by atoms with Gasteiger partial charge in [-0.15, -0.1) is 0 Å². The number of sulfonamides is 1. The topological polar surface area (TPSA) is 67.4 Å². The molecule has 0 saturated heterocycles. The van der Waals surface area contributed by atoms with Crippen molar-refractivity contribution in [3.05, 3.63) is 0 Å². The highest BCUT2D eigenvalue weighted by Gasteiger charge is 2.20. The van der Waals surface area contributed by atoms with Crippen LogP contribution in [0.5, 0.6) is 0 Å². The van der Waals surface area contributed by atoms with Crippen molar-refractivity contribution in [1.29, 1.82) is 0 Å². The largest absolute Gasteiger partial charge is 0.381 e. The summed E-state index contributed by atoms with van der Waals surface area (Å²) in [5, 5.41) is 3.11. The predicted molar refractivity (Wildman–Crippen MR) is 73.1 cm³/mol. The lowest BCUT2D eigenvalue weighted by molar-refractivity contribution is 0.123. The Morgan fingerprint density at radius 1 is 1.22 bits per heavy atom. The van der Waals surface area contributed by atoms with Crippen LogP contribution in [0.25, 0.3) is 0 Å². The van der Waals surface area contributed by atoms with Crippen LogP contribution in [0.1, 0.15) is 32.6 Å². The van der Waals surface area contributed by atoms with Crippen molar-refractivity contribution in [2.45, 2.75) is 32.6 Å². The monoisotopic (exact) mass is 278 g/mol. The van der Waals surface area contributed by atoms with E-state index in [2.05, 4.69) is 10.0 Å². The van der Waals surface area contributed by atoms with E-state index in [9.17, 15) is 8.42 Å². The quantitative estimate of drug-likeness (QED) is 0.516. The molecule has 0 spiro atoms. The molecule has 1 fully saturated rings. The second-order valence-electron chi connectivity index (χ2n) is 4.79. The molecule has 0 radical (unpaired) electrons. The van der Waals surface area contributed by atoms with Gasteiger partial charge in [0.2, 0.25) is 10.0 Å². The lowest BCUT2D eigenvalue weighted by atomic mass is 10.4. The van der Waals surface area contributed by atoms with E-state index in [4.69, 9.17) is 4.74 Å². The SMILES string of the molecule is CCNCCCS(=O)(=O)NCCCOCC1CC1. The lowest BCUT2D eigenvalue weighted by Crippen LogP contribution is -2.29. The average Bonchev–Trinajstić information content (AvgIpc) is 3.13. The summed E-state index contributed by atoms with van der Waals surface area (Å²) in [6.07, 6.45) is 3.98. The molecular weight excluding hydrogens is 252 g/mol. The summed E-state index contributed by atoms with van der Waals surface area (Å²) in [6, 6.07) is 0. The maximum atomic E-state index is 11.6. The Balaban J connectivity index is 1.91. The van der Waals surface area contributed by atoms with Crippen molar-refractivity contribution in [3.8, 4) is 0 Å². The molecule has 0 aromatic carbocycles. The Hall–Kier alpha value is -0.170. The van der Waals surface area contributed by atoms with Gasteiger partial charge in [-0.05, 0) is 44.7 Å². The van der Waals surface area contributed by atoms with Crippen LogP contribution in [0.2, 0.25) is 0 Å². The highest BCUT2D eigenvalue weighted by Crippen LogP contribution is 2.28. The molecule has 18 heavy (non-hydrogen) atoms. The summed E-state index contributed by atoms with van der Waals surface area (Å²) in [5.74, 6) is 0.968. The lowest BCUT2D eigenvalue weighted by Gasteiger charge is -2.07. The molecule has 0 aromatic heterocycles. The molecule has 2 N–H and O–H groups in total. The zero-order valence-electron chi connectivity index (χ0n) is 11.3. The fourth-order valence-electron chi connectivity index (χ4n) is 1.57. The smallest absolute Gasteiger partial charge is 0.211 e. The average molecular weight is 278 g/mol. The second kappa shape index (κ2) is 8.85. The van der Waals surface area contributed by atoms with Crippen molar-refractivity contribution in [2.24, 2.45) is 5.92 Å². The normalized spacial score (nSPS) is 16.1. The fraction of sp³-hybridized carbons (Fsp3) is 1.00. The summed E-state index contributed by atoms with van der Waals surface area (Å²) in [5.41, 5.74) is 0. The van der Waals surface area contributed by atoms with Gasteiger partial charge in [0.05, 0.1) is 5.75 Å². The van der Waals surface area contributed by atoms with Crippen LogP contribution in [-0.2, 0) is 14.8 Å². The van der Waals surface area contributed by atoms with E-state index in [0.29, 0.717) is 19.6 Å². The number of hydrogen-bond donors (Lipinski definition) is 2. The van der Waals surface area contributed by atoms with E-state index in [-0.39, 0.29) is 5.75 Å². The van der Waals surface area contributed by atoms with Crippen molar-refractivity contribution in [3.63, 3.8) is 0 Å². The third kappa shape index (κ3) is 8.85. The number of nitrogens with one attached hydrogen (secondary N) is 2. The molecule has 0 atom stereocenters. The Morgan fingerprint density at radius 2 is 2.00 bits per heavy atom. The van der Waals surface area contributed by atoms with Crippen LogP contribution in [0.4, 0.5) is 0 Å². The molecule has 108 valence electrons. The Bertz CT molecular complexity index is 302. The van der Waals surface area contributed by atoms with E-state index in [0.717, 1.165) is 32.0 Å². The van der Waals surface area contributed by atoms with E-state index in [1.54, 1.807) is 0 Å². The third-order valence-corrected chi connectivity index (χ3v) is 4.32. The molecule has 0 unspecified atom stereocenters. The van der Waals surface area contributed by atoms with Gasteiger partial charge in [-0.2, -0.15) is 0 Å². The fourth-order valence-corrected chi connectivity index (χ4v) is 2.70. The van der Waals surface area contributed by atoms with Gasteiger partial charge in [0.25, 0.3) is 0 Å². The van der Waals surface area contributed by atoms with Gasteiger partial charge in [0.1, 0.15) is 0 Å². The van der Waals surface area contributed by atoms with Crippen LogP contribution >= 0.6 is 0 Å². The van der Waals surface area contributed by atoms with Crippen molar-refractivity contribution < 1.29 is 13.2 Å². The minimum atomic E-state index is -3.10. The van der Waals surface area contributed by atoms with Crippen LogP contribution in [-0.4, -0.2) is 47.0 Å². The van der Waals surface area contributed by atoms with Gasteiger partial charge in [0, 0.05) is 19.8 Å². The van der Waals surface area contributed by atoms with Gasteiger partial charge in [-0.3, -0.25) is 0 Å². The van der Waals surface area contributed by atoms with Gasteiger partial charge >= 0.3 is 0 Å². The molecule has 1 saturated carbocycles. The van der Waals surface area contributed by atoms with Gasteiger partial charge in [-0.25, -0.2) is 13.1 Å². The van der Waals surface area contributed by atoms with Gasteiger partial charge in [0.15, 0.2) is 0 Å². The molecule has 1 rings (SSSR count). The molecule has 0 aliphatic heterocycles. The highest BCUT2D eigenvalue weighted by molar-refractivity contribution is 7.89. The predicted octanol–water partition coefficient (Wildman–Crippen LogP) is 0.722. The molecule has 5 nitrogen and oxygen atoms in total. The minimum Gasteiger partial charge on any atom is -0.381 e. The van der Waals surface area contributed by atoms with Gasteiger partial charge in [-0.1, -0.05) is 6.92 Å². The summed E-state index contributed by atoms with van der Waals surface area (Å²) < 4.78 is 31.2. The van der Waals surface area contributed by atoms with E-state index in [1.165, 1.54) is 12.8 Å². The second-order valence-corrected chi connectivity index (χ2v) is 6.72. The summed E-state index contributed by atoms with van der Waals surface area (Å²) in [4.78, 5) is 0. The maximum Gasteiger partial charge on any atom is 0.211 e.